The van der Waals surface area contributed by atoms with Crippen LogP contribution in [0, 0.1) is 0 Å². The Morgan fingerprint density at radius 3 is 2.59 bits per heavy atom. The first-order valence-corrected chi connectivity index (χ1v) is 9.03. The summed E-state index contributed by atoms with van der Waals surface area (Å²) in [6, 6.07) is 14.7. The van der Waals surface area contributed by atoms with E-state index in [-0.39, 0.29) is 24.4 Å². The van der Waals surface area contributed by atoms with Crippen LogP contribution in [-0.4, -0.2) is 31.6 Å². The molecule has 0 bridgehead atoms. The fourth-order valence-electron chi connectivity index (χ4n) is 3.16. The fourth-order valence-corrected chi connectivity index (χ4v) is 3.16. The Kier molecular flexibility index (Phi) is 5.64. The molecule has 2 aromatic carbocycles. The average molecular weight is 368 g/mol. The molecule has 2 atom stereocenters. The molecule has 0 saturated carbocycles. The Morgan fingerprint density at radius 1 is 1.22 bits per heavy atom. The highest BCUT2D eigenvalue weighted by Gasteiger charge is 2.32. The molecule has 1 aliphatic rings. The summed E-state index contributed by atoms with van der Waals surface area (Å²) in [5.74, 6) is 0.945. The Morgan fingerprint density at radius 2 is 1.93 bits per heavy atom. The van der Waals surface area contributed by atoms with Crippen molar-refractivity contribution >= 4 is 17.5 Å². The Labute approximate surface area is 159 Å². The molecule has 6 nitrogen and oxygen atoms in total. The van der Waals surface area contributed by atoms with Gasteiger partial charge in [-0.1, -0.05) is 31.2 Å². The topological polar surface area (TPSA) is 67.9 Å². The molecule has 0 fully saturated rings. The van der Waals surface area contributed by atoms with Gasteiger partial charge in [0, 0.05) is 0 Å². The molecule has 2 amide bonds. The van der Waals surface area contributed by atoms with Gasteiger partial charge in [-0.3, -0.25) is 14.5 Å². The third-order valence-corrected chi connectivity index (χ3v) is 4.64. The van der Waals surface area contributed by atoms with E-state index in [1.807, 2.05) is 43.3 Å². The maximum atomic E-state index is 12.7. The third-order valence-electron chi connectivity index (χ3n) is 4.64. The van der Waals surface area contributed by atoms with Gasteiger partial charge in [-0.15, -0.1) is 0 Å². The summed E-state index contributed by atoms with van der Waals surface area (Å²) < 4.78 is 10.8. The van der Waals surface area contributed by atoms with Crippen LogP contribution in [0.4, 0.5) is 5.69 Å². The SMILES string of the molecule is CCC(NC(=O)CN1C(=O)C(C)Oc2ccccc21)c1ccc(OC)cc1. The average Bonchev–Trinajstić information content (AvgIpc) is 2.69. The van der Waals surface area contributed by atoms with Crippen LogP contribution in [0.3, 0.4) is 0 Å². The molecule has 2 aromatic rings. The van der Waals surface area contributed by atoms with Crippen molar-refractivity contribution in [1.29, 1.82) is 0 Å². The molecule has 6 heteroatoms. The van der Waals surface area contributed by atoms with E-state index in [1.54, 1.807) is 26.2 Å². The number of rotatable bonds is 6. The van der Waals surface area contributed by atoms with E-state index in [0.717, 1.165) is 17.7 Å². The predicted molar refractivity (Wildman–Crippen MR) is 103 cm³/mol. The number of nitrogens with one attached hydrogen (secondary N) is 1. The van der Waals surface area contributed by atoms with Crippen molar-refractivity contribution in [2.24, 2.45) is 0 Å². The Bertz CT molecular complexity index is 819. The smallest absolute Gasteiger partial charge is 0.268 e. The molecule has 0 saturated heterocycles. The van der Waals surface area contributed by atoms with Gasteiger partial charge < -0.3 is 14.8 Å². The van der Waals surface area contributed by atoms with E-state index in [2.05, 4.69) is 5.32 Å². The highest BCUT2D eigenvalue weighted by Crippen LogP contribution is 2.33. The number of fused-ring (bicyclic) bond motifs is 1. The van der Waals surface area contributed by atoms with Crippen LogP contribution in [-0.2, 0) is 9.59 Å². The summed E-state index contributed by atoms with van der Waals surface area (Å²) in [7, 11) is 1.62. The lowest BCUT2D eigenvalue weighted by molar-refractivity contribution is -0.128. The summed E-state index contributed by atoms with van der Waals surface area (Å²) in [4.78, 5) is 26.7. The molecule has 1 heterocycles. The zero-order valence-corrected chi connectivity index (χ0v) is 15.8. The lowest BCUT2D eigenvalue weighted by Gasteiger charge is -2.32. The minimum Gasteiger partial charge on any atom is -0.497 e. The van der Waals surface area contributed by atoms with Crippen LogP contribution in [0.25, 0.3) is 0 Å². The normalized spacial score (nSPS) is 16.9. The minimum atomic E-state index is -0.615. The first-order chi connectivity index (χ1) is 13.0. The number of ether oxygens (including phenoxy) is 2. The zero-order chi connectivity index (χ0) is 19.4. The molecule has 2 unspecified atom stereocenters. The van der Waals surface area contributed by atoms with Crippen LogP contribution in [0.2, 0.25) is 0 Å². The van der Waals surface area contributed by atoms with Crippen molar-refractivity contribution < 1.29 is 19.1 Å². The fraction of sp³-hybridized carbons (Fsp3) is 0.333. The van der Waals surface area contributed by atoms with Crippen molar-refractivity contribution in [2.75, 3.05) is 18.6 Å². The summed E-state index contributed by atoms with van der Waals surface area (Å²) >= 11 is 0. The number of hydrogen-bond donors (Lipinski definition) is 1. The van der Waals surface area contributed by atoms with Crippen LogP contribution < -0.4 is 19.7 Å². The Balaban J connectivity index is 1.73. The maximum absolute atomic E-state index is 12.7. The number of para-hydroxylation sites is 2. The lowest BCUT2D eigenvalue weighted by Crippen LogP contribution is -2.49. The molecular weight excluding hydrogens is 344 g/mol. The molecule has 1 aliphatic heterocycles. The second kappa shape index (κ2) is 8.12. The summed E-state index contributed by atoms with van der Waals surface area (Å²) in [5, 5.41) is 3.02. The van der Waals surface area contributed by atoms with Crippen molar-refractivity contribution in [3.05, 3.63) is 54.1 Å². The van der Waals surface area contributed by atoms with Crippen molar-refractivity contribution in [1.82, 2.24) is 5.32 Å². The number of carbonyl (C=O) groups is 2. The lowest BCUT2D eigenvalue weighted by atomic mass is 10.0. The molecule has 0 aliphatic carbocycles. The molecule has 142 valence electrons. The van der Waals surface area contributed by atoms with Crippen molar-refractivity contribution in [2.45, 2.75) is 32.4 Å². The van der Waals surface area contributed by atoms with Crippen molar-refractivity contribution in [3.8, 4) is 11.5 Å². The molecule has 27 heavy (non-hydrogen) atoms. The van der Waals surface area contributed by atoms with Gasteiger partial charge in [0.2, 0.25) is 5.91 Å². The van der Waals surface area contributed by atoms with Crippen LogP contribution in [0.15, 0.2) is 48.5 Å². The summed E-state index contributed by atoms with van der Waals surface area (Å²) in [5.41, 5.74) is 1.61. The van der Waals surface area contributed by atoms with E-state index in [1.165, 1.54) is 4.90 Å². The second-order valence-corrected chi connectivity index (χ2v) is 6.45. The molecular formula is C21H24N2O4. The molecule has 0 aromatic heterocycles. The van der Waals surface area contributed by atoms with Crippen LogP contribution in [0.1, 0.15) is 31.9 Å². The number of carbonyl (C=O) groups excluding carboxylic acids is 2. The van der Waals surface area contributed by atoms with E-state index < -0.39 is 6.10 Å². The number of methoxy groups -OCH3 is 1. The largest absolute Gasteiger partial charge is 0.497 e. The number of hydrogen-bond acceptors (Lipinski definition) is 4. The van der Waals surface area contributed by atoms with E-state index in [9.17, 15) is 9.59 Å². The predicted octanol–water partition coefficient (Wildman–Crippen LogP) is 3.08. The van der Waals surface area contributed by atoms with E-state index >= 15 is 0 Å². The van der Waals surface area contributed by atoms with Crippen LogP contribution >= 0.6 is 0 Å². The van der Waals surface area contributed by atoms with Gasteiger partial charge >= 0.3 is 0 Å². The maximum Gasteiger partial charge on any atom is 0.268 e. The number of amides is 2. The van der Waals surface area contributed by atoms with Gasteiger partial charge in [0.1, 0.15) is 18.0 Å². The van der Waals surface area contributed by atoms with Crippen molar-refractivity contribution in [3.63, 3.8) is 0 Å². The number of nitrogens with zero attached hydrogens (tertiary/aromatic N) is 1. The quantitative estimate of drug-likeness (QED) is 0.851. The van der Waals surface area contributed by atoms with Gasteiger partial charge in [0.15, 0.2) is 6.10 Å². The van der Waals surface area contributed by atoms with Gasteiger partial charge in [0.25, 0.3) is 5.91 Å². The van der Waals surface area contributed by atoms with Crippen LogP contribution in [0.5, 0.6) is 11.5 Å². The highest BCUT2D eigenvalue weighted by atomic mass is 16.5. The minimum absolute atomic E-state index is 0.0454. The van der Waals surface area contributed by atoms with Gasteiger partial charge in [-0.05, 0) is 43.2 Å². The van der Waals surface area contributed by atoms with E-state index in [4.69, 9.17) is 9.47 Å². The molecule has 3 rings (SSSR count). The zero-order valence-electron chi connectivity index (χ0n) is 15.8. The first-order valence-electron chi connectivity index (χ1n) is 9.03. The van der Waals surface area contributed by atoms with Gasteiger partial charge in [-0.25, -0.2) is 0 Å². The molecule has 0 radical (unpaired) electrons. The highest BCUT2D eigenvalue weighted by molar-refractivity contribution is 6.03. The monoisotopic (exact) mass is 368 g/mol. The Hall–Kier alpha value is -3.02. The molecule has 0 spiro atoms. The number of anilines is 1. The summed E-state index contributed by atoms with van der Waals surface area (Å²) in [6.07, 6.45) is 0.124. The second-order valence-electron chi connectivity index (χ2n) is 6.45. The first kappa shape index (κ1) is 18.8. The standard InChI is InChI=1S/C21H24N2O4/c1-4-17(15-9-11-16(26-3)12-10-15)22-20(24)13-23-18-7-5-6-8-19(18)27-14(2)21(23)25/h5-12,14,17H,4,13H2,1-3H3,(H,22,24). The van der Waals surface area contributed by atoms with Gasteiger partial charge in [-0.2, -0.15) is 0 Å². The third kappa shape index (κ3) is 4.05. The summed E-state index contributed by atoms with van der Waals surface area (Å²) in [6.45, 7) is 3.65. The van der Waals surface area contributed by atoms with E-state index in [0.29, 0.717) is 11.4 Å². The van der Waals surface area contributed by atoms with Gasteiger partial charge in [0.05, 0.1) is 18.8 Å². The number of benzene rings is 2. The molecule has 1 N–H and O–H groups in total.